The van der Waals surface area contributed by atoms with Gasteiger partial charge in [-0.15, -0.1) is 29.7 Å². The third-order valence-corrected chi connectivity index (χ3v) is 3.76. The summed E-state index contributed by atoms with van der Waals surface area (Å²) in [5.74, 6) is 0. The average Bonchev–Trinajstić information content (AvgIpc) is 2.51. The Morgan fingerprint density at radius 1 is 1.14 bits per heavy atom. The third kappa shape index (κ3) is 1.91. The van der Waals surface area contributed by atoms with E-state index < -0.39 is 0 Å². The van der Waals surface area contributed by atoms with Crippen LogP contribution in [0.15, 0.2) is 53.5 Å². The molecule has 0 aliphatic rings. The number of hydrogen-bond acceptors (Lipinski definition) is 2. The van der Waals surface area contributed by atoms with Crippen molar-refractivity contribution in [3.8, 4) is 0 Å². The normalized spacial score (nSPS) is 10.9. The third-order valence-electron chi connectivity index (χ3n) is 3.76. The Bertz CT molecular complexity index is 1040. The molecule has 0 aliphatic carbocycles. The molecule has 1 radical (unpaired) electrons. The van der Waals surface area contributed by atoms with E-state index in [-0.39, 0.29) is 25.7 Å². The van der Waals surface area contributed by atoms with Crippen LogP contribution >= 0.6 is 0 Å². The first kappa shape index (κ1) is 13.9. The fourth-order valence-electron chi connectivity index (χ4n) is 2.77. The van der Waals surface area contributed by atoms with Gasteiger partial charge in [-0.25, -0.2) is 0 Å². The molecule has 4 aromatic rings. The molecule has 2 aromatic carbocycles. The van der Waals surface area contributed by atoms with Crippen molar-refractivity contribution in [2.45, 2.75) is 0 Å². The molecule has 0 bridgehead atoms. The van der Waals surface area contributed by atoms with Gasteiger partial charge in [-0.1, -0.05) is 12.1 Å². The molecule has 2 aromatic heterocycles. The Kier molecular flexibility index (Phi) is 3.36. The Labute approximate surface area is 134 Å². The Morgan fingerprint density at radius 3 is 2.86 bits per heavy atom. The molecule has 105 valence electrons. The predicted molar refractivity (Wildman–Crippen MR) is 80.8 cm³/mol. The van der Waals surface area contributed by atoms with Gasteiger partial charge in [0.2, 0.25) is 5.56 Å². The van der Waals surface area contributed by atoms with Gasteiger partial charge in [-0.2, -0.15) is 0 Å². The van der Waals surface area contributed by atoms with Crippen LogP contribution in [-0.4, -0.2) is 9.55 Å². The maximum absolute atomic E-state index is 12.4. The van der Waals surface area contributed by atoms with E-state index in [9.17, 15) is 4.79 Å². The van der Waals surface area contributed by atoms with Gasteiger partial charge in [-0.05, 0) is 28.3 Å². The van der Waals surface area contributed by atoms with Crippen molar-refractivity contribution in [2.24, 2.45) is 7.05 Å². The van der Waals surface area contributed by atoms with Crippen LogP contribution in [0.2, 0.25) is 0 Å². The van der Waals surface area contributed by atoms with Crippen LogP contribution in [0, 0.1) is 6.07 Å². The van der Waals surface area contributed by atoms with Crippen LogP contribution in [0.3, 0.4) is 0 Å². The summed E-state index contributed by atoms with van der Waals surface area (Å²) in [7, 11) is 1.80. The van der Waals surface area contributed by atoms with Crippen LogP contribution < -0.4 is 5.56 Å². The molecule has 4 rings (SSSR count). The summed E-state index contributed by atoms with van der Waals surface area (Å²) in [5.41, 5.74) is 1.80. The second-order valence-corrected chi connectivity index (χ2v) is 4.86. The van der Waals surface area contributed by atoms with Gasteiger partial charge in [0.25, 0.3) is 0 Å². The van der Waals surface area contributed by atoms with E-state index in [1.165, 1.54) is 0 Å². The summed E-state index contributed by atoms with van der Waals surface area (Å²) >= 11 is 0. The zero-order valence-electron chi connectivity index (χ0n) is 11.3. The number of fused-ring (bicyclic) bond motifs is 5. The number of aromatic nitrogens is 2. The van der Waals surface area contributed by atoms with Crippen molar-refractivity contribution in [1.29, 1.82) is 0 Å². The summed E-state index contributed by atoms with van der Waals surface area (Å²) in [6, 6.07) is 16.6. The van der Waals surface area contributed by atoms with Crippen molar-refractivity contribution >= 4 is 32.6 Å². The van der Waals surface area contributed by atoms with Crippen molar-refractivity contribution < 1.29 is 20.1 Å². The summed E-state index contributed by atoms with van der Waals surface area (Å²) in [4.78, 5) is 16.9. The number of hydrogen-bond donors (Lipinski definition) is 0. The van der Waals surface area contributed by atoms with Crippen molar-refractivity contribution in [3.05, 3.63) is 65.1 Å². The van der Waals surface area contributed by atoms with Crippen molar-refractivity contribution in [3.63, 3.8) is 0 Å². The smallest absolute Gasteiger partial charge is 0.215 e. The predicted octanol–water partition coefficient (Wildman–Crippen LogP) is 3.04. The van der Waals surface area contributed by atoms with Gasteiger partial charge in [0.05, 0.1) is 0 Å². The van der Waals surface area contributed by atoms with Crippen LogP contribution in [0.5, 0.6) is 0 Å². The number of aryl methyl sites for hydroxylation is 1. The fraction of sp³-hybridized carbons (Fsp3) is 0.0588. The van der Waals surface area contributed by atoms with E-state index >= 15 is 0 Å². The second-order valence-electron chi connectivity index (χ2n) is 4.86. The molecular formula is C17H11IrN2O-. The van der Waals surface area contributed by atoms with Crippen LogP contribution in [-0.2, 0) is 27.2 Å². The van der Waals surface area contributed by atoms with Crippen LogP contribution in [0.25, 0.3) is 32.6 Å². The van der Waals surface area contributed by atoms with Crippen LogP contribution in [0.4, 0.5) is 0 Å². The molecule has 0 spiro atoms. The van der Waals surface area contributed by atoms with Gasteiger partial charge < -0.3 is 4.57 Å². The molecule has 2 heterocycles. The van der Waals surface area contributed by atoms with Gasteiger partial charge in [-0.3, -0.25) is 9.78 Å². The van der Waals surface area contributed by atoms with E-state index in [1.54, 1.807) is 17.8 Å². The maximum Gasteiger partial charge on any atom is 0.215 e. The number of nitrogens with zero attached hydrogens (tertiary/aromatic N) is 2. The van der Waals surface area contributed by atoms with Crippen molar-refractivity contribution in [1.82, 2.24) is 9.55 Å². The van der Waals surface area contributed by atoms with E-state index in [1.807, 2.05) is 42.5 Å². The second kappa shape index (κ2) is 5.06. The molecule has 0 aliphatic heterocycles. The molecule has 21 heavy (non-hydrogen) atoms. The van der Waals surface area contributed by atoms with E-state index in [4.69, 9.17) is 0 Å². The van der Waals surface area contributed by atoms with E-state index in [2.05, 4.69) is 11.1 Å². The molecule has 4 heteroatoms. The molecule has 0 saturated carbocycles. The minimum Gasteiger partial charge on any atom is -0.327 e. The average molecular weight is 452 g/mol. The summed E-state index contributed by atoms with van der Waals surface area (Å²) in [6.45, 7) is 0. The van der Waals surface area contributed by atoms with Gasteiger partial charge >= 0.3 is 0 Å². The molecule has 0 N–H and O–H groups in total. The van der Waals surface area contributed by atoms with Crippen LogP contribution in [0.1, 0.15) is 0 Å². The number of rotatable bonds is 0. The molecule has 0 atom stereocenters. The first-order valence-corrected chi connectivity index (χ1v) is 6.44. The molecule has 3 nitrogen and oxygen atoms in total. The monoisotopic (exact) mass is 452 g/mol. The SMILES string of the molecule is Cn1c(=O)c2ccc[c-]c2c2c3ncccc3ccc21.[Ir]. The molecular weight excluding hydrogens is 440 g/mol. The first-order valence-electron chi connectivity index (χ1n) is 6.44. The maximum atomic E-state index is 12.4. The molecule has 0 fully saturated rings. The minimum atomic E-state index is -0.000342. The van der Waals surface area contributed by atoms with Crippen molar-refractivity contribution in [2.75, 3.05) is 0 Å². The quantitative estimate of drug-likeness (QED) is 0.304. The summed E-state index contributed by atoms with van der Waals surface area (Å²) in [5, 5.41) is 3.58. The standard InChI is InChI=1S/C17H11N2O.Ir/c1-19-14-9-8-11-5-4-10-18-16(11)15(14)12-6-2-3-7-13(12)17(19)20;/h2-5,7-10H,1H3;/q-1;. The topological polar surface area (TPSA) is 34.9 Å². The largest absolute Gasteiger partial charge is 0.327 e. The molecule has 0 amide bonds. The summed E-state index contributed by atoms with van der Waals surface area (Å²) in [6.07, 6.45) is 1.78. The molecule has 0 saturated heterocycles. The fourth-order valence-corrected chi connectivity index (χ4v) is 2.77. The van der Waals surface area contributed by atoms with Gasteiger partial charge in [0.1, 0.15) is 0 Å². The van der Waals surface area contributed by atoms with Gasteiger partial charge in [0.15, 0.2) is 0 Å². The minimum absolute atomic E-state index is 0. The Hall–Kier alpha value is -2.03. The Balaban J connectivity index is 0.00000132. The number of benzene rings is 2. The first-order chi connectivity index (χ1) is 9.77. The Morgan fingerprint density at radius 2 is 2.00 bits per heavy atom. The molecule has 0 unspecified atom stereocenters. The summed E-state index contributed by atoms with van der Waals surface area (Å²) < 4.78 is 1.68. The zero-order chi connectivity index (χ0) is 13.7. The number of pyridine rings is 2. The zero-order valence-corrected chi connectivity index (χ0v) is 13.6. The van der Waals surface area contributed by atoms with E-state index in [0.717, 1.165) is 27.2 Å². The van der Waals surface area contributed by atoms with E-state index in [0.29, 0.717) is 5.39 Å². The van der Waals surface area contributed by atoms with Gasteiger partial charge in [0, 0.05) is 44.4 Å².